The predicted molar refractivity (Wildman–Crippen MR) is 152 cm³/mol. The van der Waals surface area contributed by atoms with E-state index in [-0.39, 0.29) is 23.4 Å². The lowest BCUT2D eigenvalue weighted by molar-refractivity contribution is -0.136. The number of benzene rings is 3. The summed E-state index contributed by atoms with van der Waals surface area (Å²) in [6, 6.07) is 20.1. The Kier molecular flexibility index (Phi) is 9.66. The van der Waals surface area contributed by atoms with Gasteiger partial charge in [-0.3, -0.25) is 9.59 Å². The number of hydrogen-bond acceptors (Lipinski definition) is 4. The van der Waals surface area contributed by atoms with Gasteiger partial charge < -0.3 is 20.6 Å². The average Bonchev–Trinajstić information content (AvgIpc) is 2.97. The Morgan fingerprint density at radius 3 is 2.08 bits per heavy atom. The van der Waals surface area contributed by atoms with Crippen LogP contribution >= 0.6 is 0 Å². The molecule has 8 heteroatoms. The zero-order valence-electron chi connectivity index (χ0n) is 23.0. The molecule has 4 rings (SSSR count). The third kappa shape index (κ3) is 6.74. The van der Waals surface area contributed by atoms with Gasteiger partial charge in [0, 0.05) is 18.5 Å². The SMILES string of the molecule is CC(C)C(=O)Nc1cc(C2CCN(CCCNC(=O)C(O)(c3ccccc3)c3ccccc3)CC2)c(F)cc1F. The normalized spacial score (nSPS) is 14.8. The molecule has 0 spiro atoms. The summed E-state index contributed by atoms with van der Waals surface area (Å²) < 4.78 is 28.9. The molecule has 40 heavy (non-hydrogen) atoms. The summed E-state index contributed by atoms with van der Waals surface area (Å²) in [5.41, 5.74) is -0.359. The van der Waals surface area contributed by atoms with E-state index in [2.05, 4.69) is 15.5 Å². The van der Waals surface area contributed by atoms with E-state index < -0.39 is 23.1 Å². The van der Waals surface area contributed by atoms with Gasteiger partial charge in [-0.2, -0.15) is 0 Å². The van der Waals surface area contributed by atoms with Gasteiger partial charge in [-0.15, -0.1) is 0 Å². The number of hydrogen-bond donors (Lipinski definition) is 3. The van der Waals surface area contributed by atoms with Crippen LogP contribution in [0.15, 0.2) is 72.8 Å². The first-order valence-corrected chi connectivity index (χ1v) is 13.8. The second kappa shape index (κ2) is 13.2. The zero-order chi connectivity index (χ0) is 28.7. The molecule has 1 aliphatic heterocycles. The molecule has 3 aromatic carbocycles. The summed E-state index contributed by atoms with van der Waals surface area (Å²) in [4.78, 5) is 27.5. The van der Waals surface area contributed by atoms with Gasteiger partial charge in [0.15, 0.2) is 5.60 Å². The van der Waals surface area contributed by atoms with Crippen LogP contribution in [0.2, 0.25) is 0 Å². The molecule has 0 saturated carbocycles. The Morgan fingerprint density at radius 1 is 0.950 bits per heavy atom. The first-order valence-electron chi connectivity index (χ1n) is 13.8. The largest absolute Gasteiger partial charge is 0.372 e. The first-order chi connectivity index (χ1) is 19.2. The lowest BCUT2D eigenvalue weighted by Crippen LogP contribution is -2.46. The maximum absolute atomic E-state index is 14.6. The molecule has 2 amide bonds. The number of amides is 2. The van der Waals surface area contributed by atoms with Gasteiger partial charge in [0.25, 0.3) is 5.91 Å². The van der Waals surface area contributed by atoms with Gasteiger partial charge in [-0.25, -0.2) is 8.78 Å². The molecule has 212 valence electrons. The minimum Gasteiger partial charge on any atom is -0.372 e. The van der Waals surface area contributed by atoms with E-state index in [1.54, 1.807) is 62.4 Å². The molecule has 1 heterocycles. The third-order valence-electron chi connectivity index (χ3n) is 7.54. The Hall–Kier alpha value is -3.62. The number of halogens is 2. The van der Waals surface area contributed by atoms with E-state index in [1.807, 2.05) is 12.1 Å². The van der Waals surface area contributed by atoms with E-state index in [1.165, 1.54) is 6.07 Å². The van der Waals surface area contributed by atoms with Gasteiger partial charge in [0.05, 0.1) is 5.69 Å². The van der Waals surface area contributed by atoms with Crippen LogP contribution in [0.5, 0.6) is 0 Å². The summed E-state index contributed by atoms with van der Waals surface area (Å²) in [5.74, 6) is -2.55. The molecule has 0 radical (unpaired) electrons. The molecule has 1 fully saturated rings. The van der Waals surface area contributed by atoms with Crippen molar-refractivity contribution in [2.75, 3.05) is 31.5 Å². The lowest BCUT2D eigenvalue weighted by atomic mass is 9.85. The fourth-order valence-electron chi connectivity index (χ4n) is 5.14. The number of likely N-dealkylation sites (tertiary alicyclic amines) is 1. The van der Waals surface area contributed by atoms with E-state index in [4.69, 9.17) is 0 Å². The Balaban J connectivity index is 1.30. The third-order valence-corrected chi connectivity index (χ3v) is 7.54. The Morgan fingerprint density at radius 2 is 1.52 bits per heavy atom. The van der Waals surface area contributed by atoms with Gasteiger partial charge in [0.1, 0.15) is 11.6 Å². The van der Waals surface area contributed by atoms with Crippen molar-refractivity contribution in [3.8, 4) is 0 Å². The minimum absolute atomic E-state index is 0.0132. The fraction of sp³-hybridized carbons (Fsp3) is 0.375. The summed E-state index contributed by atoms with van der Waals surface area (Å²) in [6.07, 6.45) is 2.09. The molecular formula is C32H37F2N3O3. The number of carbonyl (C=O) groups is 2. The average molecular weight is 550 g/mol. The van der Waals surface area contributed by atoms with Gasteiger partial charge in [0.2, 0.25) is 5.91 Å². The van der Waals surface area contributed by atoms with Crippen molar-refractivity contribution in [3.05, 3.63) is 101 Å². The van der Waals surface area contributed by atoms with Crippen LogP contribution in [0, 0.1) is 17.6 Å². The van der Waals surface area contributed by atoms with Crippen LogP contribution in [0.25, 0.3) is 0 Å². The van der Waals surface area contributed by atoms with Crippen molar-refractivity contribution in [1.82, 2.24) is 10.2 Å². The highest BCUT2D eigenvalue weighted by Crippen LogP contribution is 2.33. The van der Waals surface area contributed by atoms with Crippen molar-refractivity contribution in [1.29, 1.82) is 0 Å². The van der Waals surface area contributed by atoms with Crippen molar-refractivity contribution in [2.24, 2.45) is 5.92 Å². The minimum atomic E-state index is -1.80. The fourth-order valence-corrected chi connectivity index (χ4v) is 5.14. The monoisotopic (exact) mass is 549 g/mol. The Labute approximate surface area is 234 Å². The standard InChI is InChI=1S/C32H37F2N3O3/c1-22(2)30(38)36-29-20-26(27(33)21-28(29)34)23-14-18-37(19-15-23)17-9-16-35-31(39)32(40,24-10-5-3-6-11-24)25-12-7-4-8-13-25/h3-8,10-13,20-23,40H,9,14-19H2,1-2H3,(H,35,39)(H,36,38). The van der Waals surface area contributed by atoms with Crippen molar-refractivity contribution >= 4 is 17.5 Å². The van der Waals surface area contributed by atoms with E-state index >= 15 is 0 Å². The van der Waals surface area contributed by atoms with Crippen LogP contribution in [0.3, 0.4) is 0 Å². The number of piperidine rings is 1. The summed E-state index contributed by atoms with van der Waals surface area (Å²) in [7, 11) is 0. The molecule has 0 atom stereocenters. The first kappa shape index (κ1) is 29.4. The number of carbonyl (C=O) groups excluding carboxylic acids is 2. The smallest absolute Gasteiger partial charge is 0.261 e. The van der Waals surface area contributed by atoms with Crippen molar-refractivity contribution in [2.45, 2.75) is 44.6 Å². The van der Waals surface area contributed by atoms with Crippen LogP contribution in [0.4, 0.5) is 14.5 Å². The molecule has 3 N–H and O–H groups in total. The molecule has 3 aromatic rings. The van der Waals surface area contributed by atoms with Gasteiger partial charge in [-0.05, 0) is 67.6 Å². The maximum atomic E-state index is 14.6. The quantitative estimate of drug-likeness (QED) is 0.305. The molecule has 6 nitrogen and oxygen atoms in total. The number of aliphatic hydroxyl groups is 1. The second-order valence-corrected chi connectivity index (χ2v) is 10.7. The molecule has 0 unspecified atom stereocenters. The highest BCUT2D eigenvalue weighted by molar-refractivity contribution is 5.92. The number of rotatable bonds is 10. The highest BCUT2D eigenvalue weighted by atomic mass is 19.1. The van der Waals surface area contributed by atoms with Crippen LogP contribution in [-0.4, -0.2) is 48.0 Å². The zero-order valence-corrected chi connectivity index (χ0v) is 23.0. The predicted octanol–water partition coefficient (Wildman–Crippen LogP) is 5.18. The molecular weight excluding hydrogens is 512 g/mol. The maximum Gasteiger partial charge on any atom is 0.261 e. The van der Waals surface area contributed by atoms with E-state index in [0.717, 1.165) is 25.7 Å². The highest BCUT2D eigenvalue weighted by Gasteiger charge is 2.39. The molecule has 0 aromatic heterocycles. The molecule has 1 saturated heterocycles. The summed E-state index contributed by atoms with van der Waals surface area (Å²) in [6.45, 7) is 6.04. The van der Waals surface area contributed by atoms with Crippen molar-refractivity contribution < 1.29 is 23.5 Å². The van der Waals surface area contributed by atoms with Crippen LogP contribution < -0.4 is 10.6 Å². The number of anilines is 1. The summed E-state index contributed by atoms with van der Waals surface area (Å²) in [5, 5.41) is 17.0. The molecule has 0 bridgehead atoms. The summed E-state index contributed by atoms with van der Waals surface area (Å²) >= 11 is 0. The van der Waals surface area contributed by atoms with Crippen LogP contribution in [-0.2, 0) is 15.2 Å². The lowest BCUT2D eigenvalue weighted by Gasteiger charge is -2.32. The molecule has 0 aliphatic carbocycles. The number of nitrogens with one attached hydrogen (secondary N) is 2. The molecule has 1 aliphatic rings. The van der Waals surface area contributed by atoms with E-state index in [9.17, 15) is 23.5 Å². The van der Waals surface area contributed by atoms with Crippen molar-refractivity contribution in [3.63, 3.8) is 0 Å². The van der Waals surface area contributed by atoms with Crippen LogP contribution in [0.1, 0.15) is 55.7 Å². The second-order valence-electron chi connectivity index (χ2n) is 10.7. The van der Waals surface area contributed by atoms with Gasteiger partial charge in [-0.1, -0.05) is 74.5 Å². The Bertz CT molecular complexity index is 1250. The van der Waals surface area contributed by atoms with Gasteiger partial charge >= 0.3 is 0 Å². The van der Waals surface area contributed by atoms with E-state index in [0.29, 0.717) is 42.5 Å². The topological polar surface area (TPSA) is 81.7 Å². The number of nitrogens with zero attached hydrogens (tertiary/aromatic N) is 1.